The molecule has 0 saturated carbocycles. The lowest BCUT2D eigenvalue weighted by Crippen LogP contribution is -2.16. The van der Waals surface area contributed by atoms with Gasteiger partial charge in [-0.25, -0.2) is 0 Å². The third kappa shape index (κ3) is 2.96. The van der Waals surface area contributed by atoms with Gasteiger partial charge in [0.2, 0.25) is 0 Å². The summed E-state index contributed by atoms with van der Waals surface area (Å²) in [6.07, 6.45) is 5.11. The Morgan fingerprint density at radius 3 is 2.57 bits per heavy atom. The van der Waals surface area contributed by atoms with Gasteiger partial charge in [0.15, 0.2) is 0 Å². The lowest BCUT2D eigenvalue weighted by Gasteiger charge is -2.11. The van der Waals surface area contributed by atoms with Crippen LogP contribution in [0.4, 0.5) is 5.82 Å². The molecule has 0 aliphatic rings. The zero-order chi connectivity index (χ0) is 17.0. The number of nitrogen functional groups attached to an aromatic ring is 1. The Labute approximate surface area is 136 Å². The third-order valence-electron chi connectivity index (χ3n) is 3.00. The van der Waals surface area contributed by atoms with Crippen LogP contribution in [0.1, 0.15) is 11.1 Å². The first kappa shape index (κ1) is 16.0. The van der Waals surface area contributed by atoms with Gasteiger partial charge in [0, 0.05) is 5.56 Å². The van der Waals surface area contributed by atoms with Crippen molar-refractivity contribution in [3.05, 3.63) is 44.7 Å². The summed E-state index contributed by atoms with van der Waals surface area (Å²) in [6, 6.07) is 8.24. The minimum atomic E-state index is -0.678. The van der Waals surface area contributed by atoms with Crippen molar-refractivity contribution in [2.24, 2.45) is 0 Å². The number of H-pyrrole nitrogens is 1. The van der Waals surface area contributed by atoms with E-state index in [-0.39, 0.29) is 34.1 Å². The quantitative estimate of drug-likeness (QED) is 0.838. The summed E-state index contributed by atoms with van der Waals surface area (Å²) in [7, 11) is 0. The van der Waals surface area contributed by atoms with Gasteiger partial charge in [-0.2, -0.15) is 10.5 Å². The third-order valence-corrected chi connectivity index (χ3v) is 3.30. The van der Waals surface area contributed by atoms with Crippen molar-refractivity contribution in [3.8, 4) is 41.4 Å². The highest BCUT2D eigenvalue weighted by Crippen LogP contribution is 2.33. The number of nitrogens with zero attached hydrogens (tertiary/aromatic N) is 2. The number of nitrogens with two attached hydrogens (primary N) is 1. The molecular formula is C16H9ClN4O2. The molecule has 0 radical (unpaired) electrons. The van der Waals surface area contributed by atoms with E-state index in [1.54, 1.807) is 12.1 Å². The van der Waals surface area contributed by atoms with Crippen LogP contribution in [-0.4, -0.2) is 11.6 Å². The number of nitriles is 2. The highest BCUT2D eigenvalue weighted by atomic mass is 35.5. The van der Waals surface area contributed by atoms with E-state index >= 15 is 0 Å². The first-order chi connectivity index (χ1) is 11.0. The van der Waals surface area contributed by atoms with E-state index in [1.165, 1.54) is 12.1 Å². The second-order valence-corrected chi connectivity index (χ2v) is 4.76. The number of pyridine rings is 1. The largest absolute Gasteiger partial charge is 0.479 e. The van der Waals surface area contributed by atoms with Crippen molar-refractivity contribution in [1.29, 1.82) is 10.5 Å². The molecule has 2 aromatic rings. The number of rotatable bonds is 3. The Bertz CT molecular complexity index is 958. The molecule has 0 saturated heterocycles. The van der Waals surface area contributed by atoms with Gasteiger partial charge in [0.25, 0.3) is 5.56 Å². The normalized spacial score (nSPS) is 9.48. The van der Waals surface area contributed by atoms with Gasteiger partial charge in [0.05, 0.1) is 5.02 Å². The van der Waals surface area contributed by atoms with Gasteiger partial charge >= 0.3 is 0 Å². The molecule has 0 unspecified atom stereocenters. The van der Waals surface area contributed by atoms with Crippen LogP contribution < -0.4 is 16.0 Å². The summed E-state index contributed by atoms with van der Waals surface area (Å²) >= 11 is 6.11. The van der Waals surface area contributed by atoms with Crippen LogP contribution in [-0.2, 0) is 0 Å². The number of benzene rings is 1. The van der Waals surface area contributed by atoms with Crippen LogP contribution in [0.2, 0.25) is 5.02 Å². The Kier molecular flexibility index (Phi) is 4.57. The topological polar surface area (TPSA) is 116 Å². The molecule has 0 bridgehead atoms. The minimum absolute atomic E-state index is 0.00508. The molecule has 0 aliphatic heterocycles. The summed E-state index contributed by atoms with van der Waals surface area (Å²) in [6.45, 7) is 0.0455. The summed E-state index contributed by atoms with van der Waals surface area (Å²) in [5.74, 6) is 2.55. The first-order valence-electron chi connectivity index (χ1n) is 6.25. The van der Waals surface area contributed by atoms with Crippen molar-refractivity contribution < 1.29 is 4.74 Å². The Balaban J connectivity index is 2.71. The summed E-state index contributed by atoms with van der Waals surface area (Å²) in [5, 5.41) is 18.7. The molecule has 2 rings (SSSR count). The molecule has 7 heteroatoms. The zero-order valence-electron chi connectivity index (χ0n) is 11.7. The van der Waals surface area contributed by atoms with Crippen molar-refractivity contribution in [2.75, 3.05) is 12.3 Å². The molecular weight excluding hydrogens is 316 g/mol. The summed E-state index contributed by atoms with van der Waals surface area (Å²) < 4.78 is 5.25. The summed E-state index contributed by atoms with van der Waals surface area (Å²) in [4.78, 5) is 14.1. The molecule has 0 aliphatic carbocycles. The number of aromatic amines is 1. The van der Waals surface area contributed by atoms with Crippen LogP contribution >= 0.6 is 11.6 Å². The van der Waals surface area contributed by atoms with Crippen LogP contribution in [0.15, 0.2) is 23.0 Å². The van der Waals surface area contributed by atoms with Gasteiger partial charge in [-0.05, 0) is 17.7 Å². The maximum absolute atomic E-state index is 11.9. The molecule has 112 valence electrons. The molecule has 0 amide bonds. The summed E-state index contributed by atoms with van der Waals surface area (Å²) in [5.41, 5.74) is 5.28. The minimum Gasteiger partial charge on any atom is -0.479 e. The molecule has 0 spiro atoms. The molecule has 1 aromatic heterocycles. The lowest BCUT2D eigenvalue weighted by molar-refractivity contribution is 0.370. The molecule has 1 aromatic carbocycles. The molecule has 3 N–H and O–H groups in total. The van der Waals surface area contributed by atoms with E-state index in [9.17, 15) is 15.3 Å². The number of halogens is 1. The van der Waals surface area contributed by atoms with Gasteiger partial charge < -0.3 is 15.5 Å². The number of anilines is 1. The fourth-order valence-corrected chi connectivity index (χ4v) is 2.26. The zero-order valence-corrected chi connectivity index (χ0v) is 12.4. The van der Waals surface area contributed by atoms with E-state index in [0.717, 1.165) is 0 Å². The average molecular weight is 325 g/mol. The number of nitrogens with one attached hydrogen (secondary N) is 1. The highest BCUT2D eigenvalue weighted by molar-refractivity contribution is 6.32. The Morgan fingerprint density at radius 2 is 2.00 bits per heavy atom. The van der Waals surface area contributed by atoms with E-state index in [1.807, 2.05) is 6.07 Å². The van der Waals surface area contributed by atoms with Crippen molar-refractivity contribution in [3.63, 3.8) is 0 Å². The molecule has 1 heterocycles. The number of hydrogen-bond acceptors (Lipinski definition) is 5. The highest BCUT2D eigenvalue weighted by Gasteiger charge is 2.19. The van der Waals surface area contributed by atoms with Gasteiger partial charge in [-0.15, -0.1) is 6.42 Å². The number of terminal acetylenes is 1. The van der Waals surface area contributed by atoms with Crippen molar-refractivity contribution in [1.82, 2.24) is 4.98 Å². The average Bonchev–Trinajstić information content (AvgIpc) is 2.53. The smallest absolute Gasteiger partial charge is 0.268 e. The number of hydrogen-bond donors (Lipinski definition) is 2. The standard InChI is InChI=1S/C16H9ClN4O2/c1-2-5-23-13-4-3-9(6-12(13)17)14-10(7-18)15(20)21-16(22)11(14)8-19/h1,3-4,6H,5H2,(H3,20,21,22). The predicted molar refractivity (Wildman–Crippen MR) is 85.7 cm³/mol. The second kappa shape index (κ2) is 6.58. The first-order valence-corrected chi connectivity index (χ1v) is 6.63. The molecule has 23 heavy (non-hydrogen) atoms. The van der Waals surface area contributed by atoms with E-state index in [2.05, 4.69) is 10.9 Å². The van der Waals surface area contributed by atoms with Crippen LogP contribution in [0.3, 0.4) is 0 Å². The van der Waals surface area contributed by atoms with Gasteiger partial charge in [0.1, 0.15) is 41.4 Å². The Morgan fingerprint density at radius 1 is 1.30 bits per heavy atom. The van der Waals surface area contributed by atoms with Crippen LogP contribution in [0, 0.1) is 35.0 Å². The van der Waals surface area contributed by atoms with E-state index < -0.39 is 5.56 Å². The van der Waals surface area contributed by atoms with Gasteiger partial charge in [-0.1, -0.05) is 23.6 Å². The monoisotopic (exact) mass is 324 g/mol. The Hall–Kier alpha value is -3.40. The van der Waals surface area contributed by atoms with Crippen molar-refractivity contribution in [2.45, 2.75) is 0 Å². The maximum atomic E-state index is 11.9. The van der Waals surface area contributed by atoms with Crippen LogP contribution in [0.25, 0.3) is 11.1 Å². The predicted octanol–water partition coefficient (Wildman–Crippen LogP) is 2.03. The fraction of sp³-hybridized carbons (Fsp3) is 0.0625. The molecule has 0 fully saturated rings. The van der Waals surface area contributed by atoms with Gasteiger partial charge in [-0.3, -0.25) is 4.79 Å². The number of ether oxygens (including phenoxy) is 1. The molecule has 0 atom stereocenters. The fourth-order valence-electron chi connectivity index (χ4n) is 2.02. The number of aromatic nitrogens is 1. The van der Waals surface area contributed by atoms with Crippen molar-refractivity contribution >= 4 is 17.4 Å². The lowest BCUT2D eigenvalue weighted by atomic mass is 9.96. The van der Waals surface area contributed by atoms with E-state index in [4.69, 9.17) is 28.5 Å². The van der Waals surface area contributed by atoms with E-state index in [0.29, 0.717) is 11.3 Å². The molecule has 6 nitrogen and oxygen atoms in total. The van der Waals surface area contributed by atoms with Crippen LogP contribution in [0.5, 0.6) is 5.75 Å². The second-order valence-electron chi connectivity index (χ2n) is 4.35. The maximum Gasteiger partial charge on any atom is 0.268 e. The SMILES string of the molecule is C#CCOc1ccc(-c2c(C#N)c(N)[nH]c(=O)c2C#N)cc1Cl.